The summed E-state index contributed by atoms with van der Waals surface area (Å²) in [5.74, 6) is 0. The highest BCUT2D eigenvalue weighted by molar-refractivity contribution is 7.27. The van der Waals surface area contributed by atoms with Crippen molar-refractivity contribution >= 4 is 258 Å². The molecule has 9 heterocycles. The maximum absolute atomic E-state index is 6.64. The SMILES string of the molecule is c1cc(-c2ccc3c4ccccc4c4ccccc4c3c2)cc(-n2c3ccccc3c3cc4sc5ccccc5c4cc32)c1.c1ccc(-n2c3ccc(-n4c5ccccc5c5c6oc7ccccc7c6ccc54)cc3c3c4oc5ccccc5c4ccc32)cc1.c1ccc2c(c1)sc1c(-n3c4ccccc4c4c5sc6ccccc6c5ccc43)cccc12. The maximum Gasteiger partial charge on any atom is 0.145 e. The Bertz CT molecular complexity index is 9530. The minimum Gasteiger partial charge on any atom is -0.455 e. The van der Waals surface area contributed by atoms with Crippen LogP contribution < -0.4 is 0 Å². The average Bonchev–Trinajstić information content (AvgIpc) is 1.55. The minimum absolute atomic E-state index is 0.902. The number of fused-ring (bicyclic) bond motifs is 36. The van der Waals surface area contributed by atoms with Crippen molar-refractivity contribution in [3.05, 3.63) is 400 Å². The summed E-state index contributed by atoms with van der Waals surface area (Å²) in [5.41, 5.74) is 20.3. The van der Waals surface area contributed by atoms with E-state index in [-0.39, 0.29) is 0 Å². The van der Waals surface area contributed by atoms with Gasteiger partial charge in [0.2, 0.25) is 0 Å². The molecule has 29 aromatic rings. The third kappa shape index (κ3) is 10.1. The van der Waals surface area contributed by atoms with Crippen molar-refractivity contribution in [3.63, 3.8) is 0 Å². The molecular weight excluding hydrogens is 1550 g/mol. The zero-order chi connectivity index (χ0) is 80.2. The van der Waals surface area contributed by atoms with Gasteiger partial charge in [0, 0.05) is 127 Å². The van der Waals surface area contributed by atoms with Gasteiger partial charge in [-0.25, -0.2) is 0 Å². The Kier molecular flexibility index (Phi) is 14.8. The topological polar surface area (TPSA) is 46.0 Å². The van der Waals surface area contributed by atoms with E-state index >= 15 is 0 Å². The van der Waals surface area contributed by atoms with Crippen LogP contribution in [-0.2, 0) is 0 Å². The summed E-state index contributed by atoms with van der Waals surface area (Å²) in [6.07, 6.45) is 0. The van der Waals surface area contributed by atoms with E-state index in [2.05, 4.69) is 407 Å². The predicted octanol–water partition coefficient (Wildman–Crippen LogP) is 33.5. The molecule has 0 bridgehead atoms. The zero-order valence-electron chi connectivity index (χ0n) is 65.9. The number of furan rings is 2. The molecule has 0 spiro atoms. The Morgan fingerprint density at radius 3 is 1.23 bits per heavy atom. The Morgan fingerprint density at radius 2 is 0.577 bits per heavy atom. The smallest absolute Gasteiger partial charge is 0.145 e. The van der Waals surface area contributed by atoms with E-state index in [9.17, 15) is 0 Å². The summed E-state index contributed by atoms with van der Waals surface area (Å²) in [5, 5.41) is 30.2. The highest BCUT2D eigenvalue weighted by Gasteiger charge is 2.26. The fourth-order valence-electron chi connectivity index (χ4n) is 20.6. The molecule has 0 amide bonds. The molecule has 0 aliphatic rings. The molecule has 0 saturated heterocycles. The first-order valence-electron chi connectivity index (χ1n) is 41.8. The van der Waals surface area contributed by atoms with Gasteiger partial charge in [0.05, 0.1) is 65.3 Å². The first kappa shape index (κ1) is 68.5. The lowest BCUT2D eigenvalue weighted by atomic mass is 9.92. The van der Waals surface area contributed by atoms with Crippen LogP contribution in [0.4, 0.5) is 0 Å². The predicted molar refractivity (Wildman–Crippen MR) is 528 cm³/mol. The molecule has 123 heavy (non-hydrogen) atoms. The molecule has 0 unspecified atom stereocenters. The molecule has 0 N–H and O–H groups in total. The van der Waals surface area contributed by atoms with Crippen molar-refractivity contribution < 1.29 is 8.83 Å². The molecule has 6 nitrogen and oxygen atoms in total. The standard InChI is InChI=1S/C42H24N2O2.C42H25NS.C30H17NS2/c1-2-10-25(11-3-1)43-34-21-18-26(24-32(34)40-36(43)23-20-30-28-13-6-9-17-38(28)46-42(30)40)44-33-15-7-4-14-31(33)39-35(44)22-19-29-27-12-5-8-16-37(27)45-41(29)39;1-2-14-31-29(12-1)30-13-3-4-15-32(30)36-23-27(20-21-33(31)36)26-10-9-11-28(22-26)43-39-18-7-5-16-34(39)37-25-42-38(24-40(37)43)35-17-6-8-19-41(35)44-42;1-4-12-23-22(10-1)28-24(17-16-21-19-9-3-6-15-27(19)33-30(21)28)31(23)25-13-7-11-20-18-8-2-5-14-26(18)32-29(20)25/h1-24H;1-25H;1-17H. The molecule has 0 saturated carbocycles. The third-order valence-corrected chi connectivity index (χ3v) is 29.4. The van der Waals surface area contributed by atoms with Crippen LogP contribution in [0.5, 0.6) is 0 Å². The molecular formula is C114H66N4O2S3. The van der Waals surface area contributed by atoms with E-state index in [1.807, 2.05) is 46.1 Å². The Labute approximate surface area is 713 Å². The summed E-state index contributed by atoms with van der Waals surface area (Å²) in [4.78, 5) is 0. The lowest BCUT2D eigenvalue weighted by Crippen LogP contribution is -1.95. The molecule has 29 rings (SSSR count). The van der Waals surface area contributed by atoms with E-state index < -0.39 is 0 Å². The molecule has 9 aromatic heterocycles. The molecule has 572 valence electrons. The van der Waals surface area contributed by atoms with E-state index in [0.29, 0.717) is 0 Å². The summed E-state index contributed by atoms with van der Waals surface area (Å²) >= 11 is 5.69. The summed E-state index contributed by atoms with van der Waals surface area (Å²) in [7, 11) is 0. The molecule has 0 atom stereocenters. The highest BCUT2D eigenvalue weighted by atomic mass is 32.1. The van der Waals surface area contributed by atoms with Crippen LogP contribution in [0, 0.1) is 0 Å². The summed E-state index contributed by atoms with van der Waals surface area (Å²) in [6, 6.07) is 145. The Balaban J connectivity index is 0.0000000981. The Morgan fingerprint density at radius 1 is 0.171 bits per heavy atom. The average molecular weight is 1620 g/mol. The first-order valence-corrected chi connectivity index (χ1v) is 44.3. The molecule has 0 aliphatic carbocycles. The van der Waals surface area contributed by atoms with Gasteiger partial charge in [0.15, 0.2) is 0 Å². The number of hydrogen-bond donors (Lipinski definition) is 0. The number of rotatable bonds is 5. The van der Waals surface area contributed by atoms with E-state index in [4.69, 9.17) is 8.83 Å². The largest absolute Gasteiger partial charge is 0.455 e. The number of nitrogens with zero attached hydrogens (tertiary/aromatic N) is 4. The number of para-hydroxylation sites is 6. The minimum atomic E-state index is 0.902. The maximum atomic E-state index is 6.64. The normalized spacial score (nSPS) is 12.2. The third-order valence-electron chi connectivity index (χ3n) is 25.9. The van der Waals surface area contributed by atoms with Crippen LogP contribution in [0.2, 0.25) is 0 Å². The van der Waals surface area contributed by atoms with Crippen molar-refractivity contribution in [2.75, 3.05) is 0 Å². The monoisotopic (exact) mass is 1620 g/mol. The van der Waals surface area contributed by atoms with Crippen LogP contribution in [0.25, 0.3) is 258 Å². The summed E-state index contributed by atoms with van der Waals surface area (Å²) < 4.78 is 30.9. The summed E-state index contributed by atoms with van der Waals surface area (Å²) in [6.45, 7) is 0. The van der Waals surface area contributed by atoms with Crippen LogP contribution in [-0.4, -0.2) is 18.3 Å². The van der Waals surface area contributed by atoms with Gasteiger partial charge in [-0.1, -0.05) is 255 Å². The van der Waals surface area contributed by atoms with Crippen LogP contribution in [0.1, 0.15) is 0 Å². The van der Waals surface area contributed by atoms with Crippen molar-refractivity contribution in [2.24, 2.45) is 0 Å². The quantitative estimate of drug-likeness (QED) is 0.161. The van der Waals surface area contributed by atoms with Gasteiger partial charge in [-0.15, -0.1) is 34.0 Å². The second kappa shape index (κ2) is 26.6. The van der Waals surface area contributed by atoms with Crippen molar-refractivity contribution in [3.8, 4) is 33.9 Å². The van der Waals surface area contributed by atoms with Gasteiger partial charge in [0.25, 0.3) is 0 Å². The molecule has 0 aliphatic heterocycles. The number of aromatic nitrogens is 4. The fourth-order valence-corrected chi connectivity index (χ4v) is 24.2. The number of thiophene rings is 3. The van der Waals surface area contributed by atoms with Gasteiger partial charge < -0.3 is 27.1 Å². The van der Waals surface area contributed by atoms with Crippen molar-refractivity contribution in [2.45, 2.75) is 0 Å². The Hall–Kier alpha value is -15.4. The second-order valence-corrected chi connectivity index (χ2v) is 35.5. The van der Waals surface area contributed by atoms with E-state index in [1.165, 1.54) is 164 Å². The van der Waals surface area contributed by atoms with Crippen LogP contribution in [0.3, 0.4) is 0 Å². The van der Waals surface area contributed by atoms with Gasteiger partial charge in [0.1, 0.15) is 22.3 Å². The van der Waals surface area contributed by atoms with Gasteiger partial charge in [-0.2, -0.15) is 0 Å². The van der Waals surface area contributed by atoms with E-state index in [0.717, 1.165) is 93.5 Å². The van der Waals surface area contributed by atoms with Crippen molar-refractivity contribution in [1.82, 2.24) is 18.3 Å². The highest BCUT2D eigenvalue weighted by Crippen LogP contribution is 2.50. The van der Waals surface area contributed by atoms with E-state index in [1.54, 1.807) is 0 Å². The fraction of sp³-hybridized carbons (Fsp3) is 0. The molecule has 0 radical (unpaired) electrons. The molecule has 20 aromatic carbocycles. The van der Waals surface area contributed by atoms with Crippen molar-refractivity contribution in [1.29, 1.82) is 0 Å². The number of hydrogen-bond acceptors (Lipinski definition) is 5. The van der Waals surface area contributed by atoms with Crippen LogP contribution in [0.15, 0.2) is 409 Å². The molecule has 0 fully saturated rings. The van der Waals surface area contributed by atoms with Gasteiger partial charge >= 0.3 is 0 Å². The lowest BCUT2D eigenvalue weighted by Gasteiger charge is -2.13. The zero-order valence-corrected chi connectivity index (χ0v) is 68.4. The van der Waals surface area contributed by atoms with Gasteiger partial charge in [-0.05, 0) is 189 Å². The van der Waals surface area contributed by atoms with Crippen LogP contribution >= 0.6 is 34.0 Å². The van der Waals surface area contributed by atoms with Gasteiger partial charge in [-0.3, -0.25) is 0 Å². The second-order valence-electron chi connectivity index (χ2n) is 32.4. The molecule has 9 heteroatoms. The number of benzene rings is 20. The first-order chi connectivity index (χ1) is 61.0. The lowest BCUT2D eigenvalue weighted by molar-refractivity contribution is 0.672.